The number of benzene rings is 2. The Morgan fingerprint density at radius 3 is 2.41 bits per heavy atom. The molecule has 1 saturated carbocycles. The van der Waals surface area contributed by atoms with Gasteiger partial charge in [0.2, 0.25) is 0 Å². The summed E-state index contributed by atoms with van der Waals surface area (Å²) < 4.78 is 38.6. The summed E-state index contributed by atoms with van der Waals surface area (Å²) in [6.07, 6.45) is -0.917. The van der Waals surface area contributed by atoms with E-state index in [1.807, 2.05) is 26.0 Å². The van der Waals surface area contributed by atoms with Crippen molar-refractivity contribution in [2.45, 2.75) is 58.2 Å². The first-order valence-corrected chi connectivity index (χ1v) is 11.4. The molecule has 0 heterocycles. The minimum Gasteiger partial charge on any atom is -0.349 e. The maximum atomic E-state index is 12.9. The van der Waals surface area contributed by atoms with Gasteiger partial charge in [0.1, 0.15) is 0 Å². The van der Waals surface area contributed by atoms with Crippen LogP contribution >= 0.6 is 0 Å². The molecule has 2 N–H and O–H groups in total. The number of carbonyl (C=O) groups excluding carboxylic acids is 3. The van der Waals surface area contributed by atoms with E-state index in [1.165, 1.54) is 6.07 Å². The molecule has 182 valence electrons. The number of amides is 2. The van der Waals surface area contributed by atoms with E-state index < -0.39 is 17.6 Å². The number of ketones is 1. The Balaban J connectivity index is 1.56. The summed E-state index contributed by atoms with van der Waals surface area (Å²) in [6, 6.07) is 9.56. The molecule has 0 bridgehead atoms. The molecule has 3 rings (SSSR count). The number of hydrogen-bond acceptors (Lipinski definition) is 3. The quantitative estimate of drug-likeness (QED) is 0.593. The summed E-state index contributed by atoms with van der Waals surface area (Å²) in [5, 5.41) is 5.49. The zero-order chi connectivity index (χ0) is 24.9. The van der Waals surface area contributed by atoms with Crippen molar-refractivity contribution in [2.75, 3.05) is 6.54 Å². The van der Waals surface area contributed by atoms with Gasteiger partial charge in [-0.25, -0.2) is 0 Å². The molecule has 1 fully saturated rings. The van der Waals surface area contributed by atoms with Crippen molar-refractivity contribution in [3.8, 4) is 0 Å². The van der Waals surface area contributed by atoms with Crippen LogP contribution < -0.4 is 10.6 Å². The fourth-order valence-corrected chi connectivity index (χ4v) is 4.44. The highest BCUT2D eigenvalue weighted by molar-refractivity contribution is 5.97. The molecule has 34 heavy (non-hydrogen) atoms. The van der Waals surface area contributed by atoms with Crippen LogP contribution in [0.3, 0.4) is 0 Å². The van der Waals surface area contributed by atoms with E-state index in [-0.39, 0.29) is 42.2 Å². The van der Waals surface area contributed by atoms with Crippen molar-refractivity contribution in [3.63, 3.8) is 0 Å². The highest BCUT2D eigenvalue weighted by atomic mass is 19.4. The molecule has 2 atom stereocenters. The van der Waals surface area contributed by atoms with Crippen LogP contribution in [-0.2, 0) is 11.0 Å². The van der Waals surface area contributed by atoms with Crippen LogP contribution in [0.4, 0.5) is 13.2 Å². The van der Waals surface area contributed by atoms with E-state index in [2.05, 4.69) is 10.6 Å². The standard InChI is InChI=1S/C26H29F3N2O3/c1-16-10-11-22(17(2)12-16)25(34)31-23-9-4-3-6-18(23)14-21(32)15-30-24(33)19-7-5-8-20(13-19)26(27,28)29/h5,7-8,10-13,18,23H,3-4,6,9,14-15H2,1-2H3,(H,30,33)(H,31,34)/t18-,23+/m0/s1. The van der Waals surface area contributed by atoms with Gasteiger partial charge < -0.3 is 10.6 Å². The highest BCUT2D eigenvalue weighted by Gasteiger charge is 2.31. The molecule has 2 aromatic carbocycles. The van der Waals surface area contributed by atoms with Gasteiger partial charge in [-0.3, -0.25) is 14.4 Å². The zero-order valence-electron chi connectivity index (χ0n) is 19.3. The number of halogens is 3. The zero-order valence-corrected chi connectivity index (χ0v) is 19.3. The van der Waals surface area contributed by atoms with Crippen LogP contribution in [-0.4, -0.2) is 30.2 Å². The van der Waals surface area contributed by atoms with E-state index in [4.69, 9.17) is 0 Å². The van der Waals surface area contributed by atoms with E-state index in [0.717, 1.165) is 55.0 Å². The lowest BCUT2D eigenvalue weighted by atomic mass is 9.81. The van der Waals surface area contributed by atoms with Gasteiger partial charge in [-0.2, -0.15) is 13.2 Å². The topological polar surface area (TPSA) is 75.3 Å². The van der Waals surface area contributed by atoms with Crippen molar-refractivity contribution < 1.29 is 27.6 Å². The van der Waals surface area contributed by atoms with Gasteiger partial charge in [0, 0.05) is 23.6 Å². The first-order valence-electron chi connectivity index (χ1n) is 11.4. The van der Waals surface area contributed by atoms with Crippen LogP contribution in [0.2, 0.25) is 0 Å². The molecule has 1 aliphatic rings. The summed E-state index contributed by atoms with van der Waals surface area (Å²) in [6.45, 7) is 3.57. The molecular weight excluding hydrogens is 445 g/mol. The average molecular weight is 475 g/mol. The number of alkyl halides is 3. The maximum Gasteiger partial charge on any atom is 0.416 e. The van der Waals surface area contributed by atoms with Crippen LogP contribution in [0.15, 0.2) is 42.5 Å². The molecule has 5 nitrogen and oxygen atoms in total. The SMILES string of the molecule is Cc1ccc(C(=O)N[C@@H]2CCCC[C@H]2CC(=O)CNC(=O)c2cccc(C(F)(F)F)c2)c(C)c1. The van der Waals surface area contributed by atoms with Crippen LogP contribution in [0, 0.1) is 19.8 Å². The summed E-state index contributed by atoms with van der Waals surface area (Å²) in [5.41, 5.74) is 1.49. The third-order valence-corrected chi connectivity index (χ3v) is 6.24. The molecule has 0 spiro atoms. The first-order chi connectivity index (χ1) is 16.0. The van der Waals surface area contributed by atoms with Gasteiger partial charge in [-0.15, -0.1) is 0 Å². The van der Waals surface area contributed by atoms with Crippen molar-refractivity contribution in [2.24, 2.45) is 5.92 Å². The van der Waals surface area contributed by atoms with E-state index >= 15 is 0 Å². The molecular formula is C26H29F3N2O3. The Labute approximate surface area is 197 Å². The fraction of sp³-hybridized carbons (Fsp3) is 0.423. The van der Waals surface area contributed by atoms with Crippen LogP contribution in [0.25, 0.3) is 0 Å². The van der Waals surface area contributed by atoms with Gasteiger partial charge in [0.25, 0.3) is 11.8 Å². The average Bonchev–Trinajstić information content (AvgIpc) is 2.78. The third-order valence-electron chi connectivity index (χ3n) is 6.24. The molecule has 1 aliphatic carbocycles. The Kier molecular flexibility index (Phi) is 8.12. The van der Waals surface area contributed by atoms with Crippen LogP contribution in [0.1, 0.15) is 69.5 Å². The van der Waals surface area contributed by atoms with Gasteiger partial charge in [0.05, 0.1) is 12.1 Å². The molecule has 0 aliphatic heterocycles. The fourth-order valence-electron chi connectivity index (χ4n) is 4.44. The molecule has 8 heteroatoms. The molecule has 0 unspecified atom stereocenters. The number of Topliss-reactive ketones (excluding diaryl/α,β-unsaturated/α-hetero) is 1. The van der Waals surface area contributed by atoms with Crippen molar-refractivity contribution in [1.82, 2.24) is 10.6 Å². The molecule has 2 aromatic rings. The Bertz CT molecular complexity index is 1070. The minimum atomic E-state index is -4.55. The first kappa shape index (κ1) is 25.5. The van der Waals surface area contributed by atoms with Gasteiger partial charge in [0.15, 0.2) is 5.78 Å². The molecule has 0 saturated heterocycles. The number of carbonyl (C=O) groups is 3. The molecule has 0 radical (unpaired) electrons. The van der Waals surface area contributed by atoms with Gasteiger partial charge >= 0.3 is 6.18 Å². The number of hydrogen-bond donors (Lipinski definition) is 2. The monoisotopic (exact) mass is 474 g/mol. The predicted molar refractivity (Wildman–Crippen MR) is 123 cm³/mol. The number of aryl methyl sites for hydroxylation is 2. The normalized spacial score (nSPS) is 18.3. The second-order valence-corrected chi connectivity index (χ2v) is 8.95. The maximum absolute atomic E-state index is 12.9. The summed E-state index contributed by atoms with van der Waals surface area (Å²) >= 11 is 0. The van der Waals surface area contributed by atoms with E-state index in [0.29, 0.717) is 5.56 Å². The lowest BCUT2D eigenvalue weighted by Gasteiger charge is -2.32. The Morgan fingerprint density at radius 1 is 0.971 bits per heavy atom. The summed E-state index contributed by atoms with van der Waals surface area (Å²) in [5.74, 6) is -1.18. The summed E-state index contributed by atoms with van der Waals surface area (Å²) in [7, 11) is 0. The smallest absolute Gasteiger partial charge is 0.349 e. The van der Waals surface area contributed by atoms with Crippen molar-refractivity contribution >= 4 is 17.6 Å². The van der Waals surface area contributed by atoms with Crippen LogP contribution in [0.5, 0.6) is 0 Å². The second-order valence-electron chi connectivity index (χ2n) is 8.95. The van der Waals surface area contributed by atoms with Gasteiger partial charge in [-0.05, 0) is 62.4 Å². The van der Waals surface area contributed by atoms with Gasteiger partial charge in [-0.1, -0.05) is 36.6 Å². The second kappa shape index (κ2) is 10.8. The Hall–Kier alpha value is -3.16. The van der Waals surface area contributed by atoms with E-state index in [1.54, 1.807) is 6.07 Å². The predicted octanol–water partition coefficient (Wildman–Crippen LogP) is 5.00. The Morgan fingerprint density at radius 2 is 1.71 bits per heavy atom. The third kappa shape index (κ3) is 6.68. The van der Waals surface area contributed by atoms with Crippen molar-refractivity contribution in [1.29, 1.82) is 0 Å². The molecule has 2 amide bonds. The van der Waals surface area contributed by atoms with E-state index in [9.17, 15) is 27.6 Å². The number of nitrogens with one attached hydrogen (secondary N) is 2. The number of rotatable bonds is 7. The summed E-state index contributed by atoms with van der Waals surface area (Å²) in [4.78, 5) is 37.6. The van der Waals surface area contributed by atoms with Crippen molar-refractivity contribution in [3.05, 3.63) is 70.3 Å². The largest absolute Gasteiger partial charge is 0.416 e. The highest BCUT2D eigenvalue weighted by Crippen LogP contribution is 2.30. The minimum absolute atomic E-state index is 0.0542. The lowest BCUT2D eigenvalue weighted by molar-refractivity contribution is -0.137. The lowest BCUT2D eigenvalue weighted by Crippen LogP contribution is -2.43. The molecule has 0 aromatic heterocycles.